The predicted molar refractivity (Wildman–Crippen MR) is 63.2 cm³/mol. The number of aromatic nitrogens is 1. The Kier molecular flexibility index (Phi) is 3.25. The van der Waals surface area contributed by atoms with Crippen LogP contribution >= 0.6 is 0 Å². The lowest BCUT2D eigenvalue weighted by molar-refractivity contribution is -0.137. The first-order chi connectivity index (χ1) is 8.89. The van der Waals surface area contributed by atoms with Gasteiger partial charge in [0.05, 0.1) is 5.56 Å². The Morgan fingerprint density at radius 3 is 2.47 bits per heavy atom. The highest BCUT2D eigenvalue weighted by Gasteiger charge is 2.31. The minimum Gasteiger partial charge on any atom is -0.366 e. The van der Waals surface area contributed by atoms with E-state index in [-0.39, 0.29) is 11.1 Å². The van der Waals surface area contributed by atoms with E-state index in [0.29, 0.717) is 5.56 Å². The molecule has 2 rings (SSSR count). The fourth-order valence-corrected chi connectivity index (χ4v) is 1.70. The third-order valence-electron chi connectivity index (χ3n) is 2.58. The third kappa shape index (κ3) is 2.73. The number of carbonyl (C=O) groups excluding carboxylic acids is 1. The van der Waals surface area contributed by atoms with Crippen LogP contribution in [0.15, 0.2) is 42.7 Å². The van der Waals surface area contributed by atoms with Crippen molar-refractivity contribution in [3.05, 3.63) is 53.9 Å². The van der Waals surface area contributed by atoms with E-state index in [2.05, 4.69) is 4.98 Å². The smallest absolute Gasteiger partial charge is 0.366 e. The molecule has 0 saturated carbocycles. The van der Waals surface area contributed by atoms with Gasteiger partial charge < -0.3 is 5.73 Å². The van der Waals surface area contributed by atoms with E-state index in [1.807, 2.05) is 0 Å². The Balaban J connectivity index is 2.65. The molecule has 1 heterocycles. The Bertz CT molecular complexity index is 609. The summed E-state index contributed by atoms with van der Waals surface area (Å²) in [7, 11) is 0. The number of benzene rings is 1. The largest absolute Gasteiger partial charge is 0.416 e. The maximum atomic E-state index is 12.7. The second-order valence-electron chi connectivity index (χ2n) is 3.86. The van der Waals surface area contributed by atoms with Crippen LogP contribution in [-0.2, 0) is 6.18 Å². The molecule has 0 atom stereocenters. The second kappa shape index (κ2) is 4.72. The molecule has 0 aliphatic carbocycles. The van der Waals surface area contributed by atoms with Crippen molar-refractivity contribution in [3.63, 3.8) is 0 Å². The zero-order valence-corrected chi connectivity index (χ0v) is 9.61. The van der Waals surface area contributed by atoms with Crippen molar-refractivity contribution in [2.24, 2.45) is 5.73 Å². The lowest BCUT2D eigenvalue weighted by Gasteiger charge is -2.11. The molecular formula is C13H9F3N2O. The minimum absolute atomic E-state index is 0.0287. The number of hydrogen-bond acceptors (Lipinski definition) is 2. The predicted octanol–water partition coefficient (Wildman–Crippen LogP) is 2.87. The average molecular weight is 266 g/mol. The Morgan fingerprint density at radius 1 is 1.21 bits per heavy atom. The Morgan fingerprint density at radius 2 is 1.95 bits per heavy atom. The summed E-state index contributed by atoms with van der Waals surface area (Å²) < 4.78 is 38.1. The van der Waals surface area contributed by atoms with Crippen molar-refractivity contribution in [2.45, 2.75) is 6.18 Å². The van der Waals surface area contributed by atoms with Crippen LogP contribution in [0.25, 0.3) is 11.1 Å². The fourth-order valence-electron chi connectivity index (χ4n) is 1.70. The number of nitrogens with two attached hydrogens (primary N) is 1. The quantitative estimate of drug-likeness (QED) is 0.908. The number of primary amides is 1. The van der Waals surface area contributed by atoms with Crippen LogP contribution in [-0.4, -0.2) is 10.9 Å². The van der Waals surface area contributed by atoms with E-state index in [1.165, 1.54) is 12.4 Å². The lowest BCUT2D eigenvalue weighted by Crippen LogP contribution is -2.14. The van der Waals surface area contributed by atoms with Gasteiger partial charge in [0.25, 0.3) is 0 Å². The summed E-state index contributed by atoms with van der Waals surface area (Å²) in [6, 6.07) is 5.94. The van der Waals surface area contributed by atoms with Crippen molar-refractivity contribution in [1.29, 1.82) is 0 Å². The van der Waals surface area contributed by atoms with Crippen LogP contribution in [0.3, 0.4) is 0 Å². The fraction of sp³-hybridized carbons (Fsp3) is 0.0769. The molecule has 0 unspecified atom stereocenters. The number of amides is 1. The van der Waals surface area contributed by atoms with Crippen LogP contribution in [0.5, 0.6) is 0 Å². The van der Waals surface area contributed by atoms with Crippen LogP contribution in [0.1, 0.15) is 15.9 Å². The van der Waals surface area contributed by atoms with Gasteiger partial charge in [-0.3, -0.25) is 9.78 Å². The summed E-state index contributed by atoms with van der Waals surface area (Å²) >= 11 is 0. The number of halogens is 3. The molecule has 0 aliphatic heterocycles. The minimum atomic E-state index is -4.48. The molecule has 0 radical (unpaired) electrons. The SMILES string of the molecule is NC(=O)c1ccc(C(F)(F)F)cc1-c1cccnc1. The molecule has 1 aromatic heterocycles. The number of hydrogen-bond donors (Lipinski definition) is 1. The molecule has 1 amide bonds. The third-order valence-corrected chi connectivity index (χ3v) is 2.58. The molecule has 0 bridgehead atoms. The first kappa shape index (κ1) is 13.1. The first-order valence-electron chi connectivity index (χ1n) is 5.31. The van der Waals surface area contributed by atoms with Gasteiger partial charge in [-0.2, -0.15) is 13.2 Å². The molecule has 0 spiro atoms. The van der Waals surface area contributed by atoms with Crippen molar-refractivity contribution < 1.29 is 18.0 Å². The van der Waals surface area contributed by atoms with E-state index in [0.717, 1.165) is 18.2 Å². The lowest BCUT2D eigenvalue weighted by atomic mass is 9.98. The van der Waals surface area contributed by atoms with E-state index in [9.17, 15) is 18.0 Å². The zero-order chi connectivity index (χ0) is 14.0. The summed E-state index contributed by atoms with van der Waals surface area (Å²) in [6.07, 6.45) is -1.61. The summed E-state index contributed by atoms with van der Waals surface area (Å²) in [5, 5.41) is 0. The van der Waals surface area contributed by atoms with Crippen LogP contribution in [0, 0.1) is 0 Å². The van der Waals surface area contributed by atoms with Gasteiger partial charge in [-0.15, -0.1) is 0 Å². The van der Waals surface area contributed by atoms with Crippen LogP contribution in [0.2, 0.25) is 0 Å². The highest BCUT2D eigenvalue weighted by atomic mass is 19.4. The standard InChI is InChI=1S/C13H9F3N2O/c14-13(15,16)9-3-4-10(12(17)19)11(6-9)8-2-1-5-18-7-8/h1-7H,(H2,17,19). The van der Waals surface area contributed by atoms with E-state index in [1.54, 1.807) is 12.1 Å². The van der Waals surface area contributed by atoms with E-state index < -0.39 is 17.6 Å². The van der Waals surface area contributed by atoms with Crippen molar-refractivity contribution in [1.82, 2.24) is 4.98 Å². The number of carbonyl (C=O) groups is 1. The normalized spacial score (nSPS) is 11.3. The highest BCUT2D eigenvalue weighted by Crippen LogP contribution is 2.33. The van der Waals surface area contributed by atoms with Crippen molar-refractivity contribution in [3.8, 4) is 11.1 Å². The summed E-state index contributed by atoms with van der Waals surface area (Å²) in [4.78, 5) is 15.1. The second-order valence-corrected chi connectivity index (χ2v) is 3.86. The maximum Gasteiger partial charge on any atom is 0.416 e. The van der Waals surface area contributed by atoms with Gasteiger partial charge >= 0.3 is 6.18 Å². The molecular weight excluding hydrogens is 257 g/mol. The molecule has 1 aromatic carbocycles. The average Bonchev–Trinajstić information content (AvgIpc) is 2.38. The molecule has 98 valence electrons. The molecule has 19 heavy (non-hydrogen) atoms. The number of nitrogens with zero attached hydrogens (tertiary/aromatic N) is 1. The number of pyridine rings is 1. The monoisotopic (exact) mass is 266 g/mol. The highest BCUT2D eigenvalue weighted by molar-refractivity contribution is 5.99. The zero-order valence-electron chi connectivity index (χ0n) is 9.61. The van der Waals surface area contributed by atoms with E-state index in [4.69, 9.17) is 5.73 Å². The van der Waals surface area contributed by atoms with Gasteiger partial charge in [0.1, 0.15) is 0 Å². The number of alkyl halides is 3. The molecule has 2 N–H and O–H groups in total. The molecule has 6 heteroatoms. The molecule has 3 nitrogen and oxygen atoms in total. The summed E-state index contributed by atoms with van der Waals surface area (Å²) in [6.45, 7) is 0. The van der Waals surface area contributed by atoms with Gasteiger partial charge in [-0.05, 0) is 29.8 Å². The van der Waals surface area contributed by atoms with Crippen molar-refractivity contribution >= 4 is 5.91 Å². The van der Waals surface area contributed by atoms with Gasteiger partial charge in [0.15, 0.2) is 0 Å². The summed E-state index contributed by atoms with van der Waals surface area (Å²) in [5.74, 6) is -0.785. The maximum absolute atomic E-state index is 12.7. The topological polar surface area (TPSA) is 56.0 Å². The van der Waals surface area contributed by atoms with Gasteiger partial charge in [-0.25, -0.2) is 0 Å². The van der Waals surface area contributed by atoms with Gasteiger partial charge in [0, 0.05) is 23.5 Å². The van der Waals surface area contributed by atoms with Crippen LogP contribution in [0.4, 0.5) is 13.2 Å². The molecule has 0 saturated heterocycles. The Labute approximate surface area is 106 Å². The molecule has 0 fully saturated rings. The van der Waals surface area contributed by atoms with Gasteiger partial charge in [-0.1, -0.05) is 6.07 Å². The van der Waals surface area contributed by atoms with Gasteiger partial charge in [0.2, 0.25) is 5.91 Å². The van der Waals surface area contributed by atoms with Crippen molar-refractivity contribution in [2.75, 3.05) is 0 Å². The number of rotatable bonds is 2. The van der Waals surface area contributed by atoms with E-state index >= 15 is 0 Å². The summed E-state index contributed by atoms with van der Waals surface area (Å²) in [5.41, 5.74) is 4.89. The molecule has 2 aromatic rings. The molecule has 0 aliphatic rings. The Hall–Kier alpha value is -2.37. The first-order valence-corrected chi connectivity index (χ1v) is 5.31. The van der Waals surface area contributed by atoms with Crippen LogP contribution < -0.4 is 5.73 Å².